The first-order chi connectivity index (χ1) is 7.04. The van der Waals surface area contributed by atoms with Crippen molar-refractivity contribution in [2.45, 2.75) is 20.3 Å². The van der Waals surface area contributed by atoms with Crippen molar-refractivity contribution in [2.24, 2.45) is 15.9 Å². The van der Waals surface area contributed by atoms with Crippen LogP contribution in [-0.4, -0.2) is 33.6 Å². The number of hydrogen-bond donors (Lipinski definition) is 1. The first kappa shape index (κ1) is 11.9. The van der Waals surface area contributed by atoms with Crippen molar-refractivity contribution in [1.29, 1.82) is 0 Å². The summed E-state index contributed by atoms with van der Waals surface area (Å²) in [5.41, 5.74) is 0.536. The number of rotatable bonds is 3. The van der Waals surface area contributed by atoms with E-state index >= 15 is 0 Å². The Balaban J connectivity index is 2.79. The van der Waals surface area contributed by atoms with Gasteiger partial charge in [0, 0.05) is 5.71 Å². The minimum absolute atomic E-state index is 0.234. The summed E-state index contributed by atoms with van der Waals surface area (Å²) in [6.45, 7) is 3.60. The zero-order valence-corrected chi connectivity index (χ0v) is 9.37. The summed E-state index contributed by atoms with van der Waals surface area (Å²) in [4.78, 5) is 29.8. The highest BCUT2D eigenvalue weighted by Gasteiger charge is 2.28. The molecule has 0 radical (unpaired) electrons. The Morgan fingerprint density at radius 2 is 2.20 bits per heavy atom. The van der Waals surface area contributed by atoms with E-state index in [-0.39, 0.29) is 6.42 Å². The number of carboxylic acid groups (broad SMARTS) is 1. The van der Waals surface area contributed by atoms with Crippen LogP contribution in [0.3, 0.4) is 0 Å². The number of aliphatic carboxylic acids is 1. The maximum atomic E-state index is 11.5. The van der Waals surface area contributed by atoms with E-state index in [9.17, 15) is 9.59 Å². The summed E-state index contributed by atoms with van der Waals surface area (Å²) >= 11 is 1.37. The highest BCUT2D eigenvalue weighted by Crippen LogP contribution is 2.18. The molecule has 0 aromatic heterocycles. The van der Waals surface area contributed by atoms with Gasteiger partial charge < -0.3 is 5.11 Å². The molecule has 0 bridgehead atoms. The van der Waals surface area contributed by atoms with E-state index in [1.54, 1.807) is 6.92 Å². The lowest BCUT2D eigenvalue weighted by Crippen LogP contribution is -2.28. The minimum Gasteiger partial charge on any atom is -0.481 e. The summed E-state index contributed by atoms with van der Waals surface area (Å²) in [7, 11) is 0. The highest BCUT2D eigenvalue weighted by molar-refractivity contribution is 8.13. The Morgan fingerprint density at radius 1 is 1.53 bits per heavy atom. The van der Waals surface area contributed by atoms with E-state index in [1.807, 2.05) is 6.92 Å². The normalized spacial score (nSPS) is 20.9. The van der Waals surface area contributed by atoms with Gasteiger partial charge in [-0.2, -0.15) is 4.99 Å². The van der Waals surface area contributed by atoms with E-state index < -0.39 is 17.8 Å². The zero-order valence-electron chi connectivity index (χ0n) is 8.56. The van der Waals surface area contributed by atoms with Gasteiger partial charge in [0.1, 0.15) is 0 Å². The lowest BCUT2D eigenvalue weighted by molar-refractivity contribution is -0.139. The van der Waals surface area contributed by atoms with Crippen LogP contribution in [0, 0.1) is 5.92 Å². The Bertz CT molecular complexity index is 349. The van der Waals surface area contributed by atoms with Gasteiger partial charge in [0.15, 0.2) is 5.17 Å². The van der Waals surface area contributed by atoms with E-state index in [2.05, 4.69) is 9.98 Å². The van der Waals surface area contributed by atoms with E-state index in [0.29, 0.717) is 10.9 Å². The molecule has 1 aliphatic heterocycles. The fourth-order valence-electron chi connectivity index (χ4n) is 1.21. The van der Waals surface area contributed by atoms with Crippen molar-refractivity contribution in [3.8, 4) is 0 Å². The van der Waals surface area contributed by atoms with Crippen LogP contribution in [-0.2, 0) is 9.59 Å². The third kappa shape index (κ3) is 3.16. The van der Waals surface area contributed by atoms with Gasteiger partial charge in [-0.25, -0.2) is 4.99 Å². The molecule has 1 heterocycles. The van der Waals surface area contributed by atoms with Gasteiger partial charge in [-0.3, -0.25) is 9.59 Å². The molecule has 5 nitrogen and oxygen atoms in total. The van der Waals surface area contributed by atoms with Crippen LogP contribution in [0.25, 0.3) is 0 Å². The third-order valence-corrected chi connectivity index (χ3v) is 2.66. The molecule has 0 aliphatic carbocycles. The molecule has 6 heteroatoms. The number of carboxylic acids is 1. The van der Waals surface area contributed by atoms with Gasteiger partial charge in [-0.15, -0.1) is 0 Å². The molecule has 1 unspecified atom stereocenters. The van der Waals surface area contributed by atoms with E-state index in [4.69, 9.17) is 5.11 Å². The molecule has 82 valence electrons. The highest BCUT2D eigenvalue weighted by atomic mass is 32.2. The molecule has 1 atom stereocenters. The number of amides is 1. The summed E-state index contributed by atoms with van der Waals surface area (Å²) in [5, 5.41) is 9.04. The predicted octanol–water partition coefficient (Wildman–Crippen LogP) is 1.19. The standard InChI is InChI=1S/C9H12N2O3S/c1-3-15-9-10-5(2)6(4-7(12)13)8(14)11-9/h6H,3-4H2,1-2H3,(H,12,13). The number of carbonyl (C=O) groups is 2. The molecular formula is C9H12N2O3S. The summed E-state index contributed by atoms with van der Waals surface area (Å²) in [6, 6.07) is 0. The van der Waals surface area contributed by atoms with Crippen molar-refractivity contribution >= 4 is 34.5 Å². The SMILES string of the molecule is CCSC1=NC(=O)C(CC(=O)O)C(C)=N1. The first-order valence-corrected chi connectivity index (χ1v) is 5.55. The number of nitrogens with zero attached hydrogens (tertiary/aromatic N) is 2. The smallest absolute Gasteiger partial charge is 0.304 e. The monoisotopic (exact) mass is 228 g/mol. The fourth-order valence-corrected chi connectivity index (χ4v) is 1.83. The lowest BCUT2D eigenvalue weighted by Gasteiger charge is -2.15. The topological polar surface area (TPSA) is 79.1 Å². The third-order valence-electron chi connectivity index (χ3n) is 1.93. The Kier molecular flexibility index (Phi) is 4.02. The maximum Gasteiger partial charge on any atom is 0.304 e. The minimum atomic E-state index is -1.01. The summed E-state index contributed by atoms with van der Waals surface area (Å²) in [6.07, 6.45) is -0.234. The van der Waals surface area contributed by atoms with Crippen molar-refractivity contribution in [3.63, 3.8) is 0 Å². The van der Waals surface area contributed by atoms with Gasteiger partial charge in [0.25, 0.3) is 5.91 Å². The van der Waals surface area contributed by atoms with Gasteiger partial charge in [-0.1, -0.05) is 18.7 Å². The molecule has 15 heavy (non-hydrogen) atoms. The van der Waals surface area contributed by atoms with E-state index in [1.165, 1.54) is 11.8 Å². The largest absolute Gasteiger partial charge is 0.481 e. The molecule has 0 aromatic carbocycles. The molecule has 0 fully saturated rings. The van der Waals surface area contributed by atoms with Crippen LogP contribution in [0.2, 0.25) is 0 Å². The molecule has 0 aromatic rings. The Morgan fingerprint density at radius 3 is 2.67 bits per heavy atom. The fraction of sp³-hybridized carbons (Fsp3) is 0.556. The Labute approximate surface area is 91.7 Å². The van der Waals surface area contributed by atoms with Crippen LogP contribution in [0.15, 0.2) is 9.98 Å². The van der Waals surface area contributed by atoms with Crippen LogP contribution in [0.4, 0.5) is 0 Å². The number of aliphatic imine (C=N–C) groups is 2. The van der Waals surface area contributed by atoms with Crippen LogP contribution in [0.1, 0.15) is 20.3 Å². The van der Waals surface area contributed by atoms with Gasteiger partial charge >= 0.3 is 5.97 Å². The van der Waals surface area contributed by atoms with Gasteiger partial charge in [-0.05, 0) is 12.7 Å². The number of carbonyl (C=O) groups excluding carboxylic acids is 1. The number of amidine groups is 1. The quantitative estimate of drug-likeness (QED) is 0.786. The van der Waals surface area contributed by atoms with Gasteiger partial charge in [0.2, 0.25) is 0 Å². The summed E-state index contributed by atoms with van der Waals surface area (Å²) in [5.74, 6) is -1.32. The molecule has 0 saturated carbocycles. The molecule has 1 aliphatic rings. The predicted molar refractivity (Wildman–Crippen MR) is 59.4 cm³/mol. The van der Waals surface area contributed by atoms with Gasteiger partial charge in [0.05, 0.1) is 12.3 Å². The molecule has 0 saturated heterocycles. The second-order valence-electron chi connectivity index (χ2n) is 3.07. The lowest BCUT2D eigenvalue weighted by atomic mass is 9.99. The van der Waals surface area contributed by atoms with Crippen molar-refractivity contribution in [1.82, 2.24) is 0 Å². The molecular weight excluding hydrogens is 216 g/mol. The zero-order chi connectivity index (χ0) is 11.4. The second-order valence-corrected chi connectivity index (χ2v) is 4.30. The summed E-state index contributed by atoms with van der Waals surface area (Å²) < 4.78 is 0. The van der Waals surface area contributed by atoms with Crippen LogP contribution >= 0.6 is 11.8 Å². The first-order valence-electron chi connectivity index (χ1n) is 4.57. The van der Waals surface area contributed by atoms with Crippen LogP contribution < -0.4 is 0 Å². The average molecular weight is 228 g/mol. The van der Waals surface area contributed by atoms with Crippen molar-refractivity contribution in [3.05, 3.63) is 0 Å². The maximum absolute atomic E-state index is 11.5. The molecule has 1 rings (SSSR count). The molecule has 1 amide bonds. The Hall–Kier alpha value is -1.17. The van der Waals surface area contributed by atoms with E-state index in [0.717, 1.165) is 5.75 Å². The molecule has 1 N–H and O–H groups in total. The number of hydrogen-bond acceptors (Lipinski definition) is 4. The van der Waals surface area contributed by atoms with Crippen molar-refractivity contribution < 1.29 is 14.7 Å². The molecule has 0 spiro atoms. The second kappa shape index (κ2) is 5.06. The average Bonchev–Trinajstić information content (AvgIpc) is 2.11. The van der Waals surface area contributed by atoms with Crippen molar-refractivity contribution in [2.75, 3.05) is 5.75 Å². The number of thioether (sulfide) groups is 1. The van der Waals surface area contributed by atoms with Crippen LogP contribution in [0.5, 0.6) is 0 Å².